The van der Waals surface area contributed by atoms with Crippen molar-refractivity contribution in [2.75, 3.05) is 0 Å². The highest BCUT2D eigenvalue weighted by atomic mass is 31.2. The molecule has 4 heteroatoms. The molecule has 2 unspecified atom stereocenters. The molecule has 1 aliphatic carbocycles. The summed E-state index contributed by atoms with van der Waals surface area (Å²) in [5, 5.41) is 1.69. The molecule has 25 heavy (non-hydrogen) atoms. The lowest BCUT2D eigenvalue weighted by atomic mass is 9.82. The van der Waals surface area contributed by atoms with Crippen molar-refractivity contribution in [3.63, 3.8) is 0 Å². The molecular formula is C21H32NP2Si. The molecule has 4 rings (SSSR count). The van der Waals surface area contributed by atoms with Crippen LogP contribution >= 0.6 is 16.3 Å². The minimum Gasteiger partial charge on any atom is -0.260 e. The van der Waals surface area contributed by atoms with Gasteiger partial charge in [0.05, 0.1) is 21.8 Å². The molecule has 0 aromatic heterocycles. The van der Waals surface area contributed by atoms with Crippen molar-refractivity contribution in [2.45, 2.75) is 66.8 Å². The highest BCUT2D eigenvalue weighted by Crippen LogP contribution is 2.68. The van der Waals surface area contributed by atoms with E-state index in [1.165, 1.54) is 19.8 Å². The third-order valence-corrected chi connectivity index (χ3v) is 13.9. The Morgan fingerprint density at radius 1 is 0.960 bits per heavy atom. The van der Waals surface area contributed by atoms with E-state index in [0.29, 0.717) is 5.66 Å². The van der Waals surface area contributed by atoms with Crippen LogP contribution in [-0.2, 0) is 0 Å². The van der Waals surface area contributed by atoms with E-state index in [2.05, 4.69) is 86.9 Å². The number of allylic oxidation sites excluding steroid dienone is 1. The second-order valence-corrected chi connectivity index (χ2v) is 19.1. The Bertz CT molecular complexity index is 647. The highest BCUT2D eigenvalue weighted by Gasteiger charge is 2.50. The first-order valence-electron chi connectivity index (χ1n) is 9.26. The van der Waals surface area contributed by atoms with Gasteiger partial charge in [-0.3, -0.25) is 4.76 Å². The molecule has 4 aliphatic rings. The predicted octanol–water partition coefficient (Wildman–Crippen LogP) is 6.93. The monoisotopic (exact) mass is 388 g/mol. The molecule has 0 saturated heterocycles. The molecule has 0 N–H and O–H groups in total. The van der Waals surface area contributed by atoms with Gasteiger partial charge in [-0.05, 0) is 41.6 Å². The van der Waals surface area contributed by atoms with Crippen LogP contribution in [0.15, 0.2) is 15.3 Å². The average molecular weight is 389 g/mol. The smallest absolute Gasteiger partial charge is 0.0810 e. The maximum atomic E-state index is 5.49. The average Bonchev–Trinajstić information content (AvgIpc) is 2.96. The molecule has 1 nitrogen and oxygen atoms in total. The molecule has 2 atom stereocenters. The lowest BCUT2D eigenvalue weighted by Crippen LogP contribution is -2.43. The maximum Gasteiger partial charge on any atom is 0.0810 e. The van der Waals surface area contributed by atoms with Crippen LogP contribution in [0.25, 0.3) is 0 Å². The van der Waals surface area contributed by atoms with Gasteiger partial charge in [-0.25, -0.2) is 0 Å². The number of hydrogen-bond acceptors (Lipinski definition) is 1. The van der Waals surface area contributed by atoms with Crippen LogP contribution in [0, 0.1) is 42.4 Å². The van der Waals surface area contributed by atoms with Crippen LogP contribution in [0.3, 0.4) is 0 Å². The van der Waals surface area contributed by atoms with Gasteiger partial charge < -0.3 is 0 Å². The Morgan fingerprint density at radius 2 is 1.52 bits per heavy atom. The van der Waals surface area contributed by atoms with Gasteiger partial charge in [0.1, 0.15) is 0 Å². The maximum absolute atomic E-state index is 5.49. The van der Waals surface area contributed by atoms with Crippen molar-refractivity contribution < 1.29 is 0 Å². The third kappa shape index (κ3) is 3.65. The Kier molecular flexibility index (Phi) is 5.11. The van der Waals surface area contributed by atoms with Gasteiger partial charge in [0.15, 0.2) is 0 Å². The van der Waals surface area contributed by atoms with E-state index >= 15 is 0 Å². The lowest BCUT2D eigenvalue weighted by Gasteiger charge is -2.48. The summed E-state index contributed by atoms with van der Waals surface area (Å²) >= 11 is 0. The van der Waals surface area contributed by atoms with Crippen LogP contribution in [0.2, 0.25) is 19.6 Å². The number of hydrogen-bond donors (Lipinski definition) is 0. The minimum absolute atomic E-state index is 0.143. The summed E-state index contributed by atoms with van der Waals surface area (Å²) in [5.41, 5.74) is 3.91. The first kappa shape index (κ1) is 20.0. The first-order chi connectivity index (χ1) is 11.3. The van der Waals surface area contributed by atoms with E-state index in [4.69, 9.17) is 4.76 Å². The van der Waals surface area contributed by atoms with Crippen LogP contribution < -0.4 is 0 Å². The van der Waals surface area contributed by atoms with Crippen molar-refractivity contribution in [1.29, 1.82) is 0 Å². The molecule has 0 amide bonds. The molecule has 2 bridgehead atoms. The summed E-state index contributed by atoms with van der Waals surface area (Å²) in [6.07, 6.45) is 9.02. The van der Waals surface area contributed by atoms with E-state index in [1.807, 2.05) is 0 Å². The van der Waals surface area contributed by atoms with Gasteiger partial charge in [0.2, 0.25) is 0 Å². The fourth-order valence-electron chi connectivity index (χ4n) is 3.69. The van der Waals surface area contributed by atoms with Crippen molar-refractivity contribution in [1.82, 2.24) is 0 Å². The zero-order valence-corrected chi connectivity index (χ0v) is 20.0. The van der Waals surface area contributed by atoms with E-state index in [0.717, 1.165) is 0 Å². The molecular weight excluding hydrogens is 356 g/mol. The Labute approximate surface area is 159 Å². The molecule has 3 aliphatic heterocycles. The van der Waals surface area contributed by atoms with Gasteiger partial charge in [0.25, 0.3) is 0 Å². The summed E-state index contributed by atoms with van der Waals surface area (Å²) in [6.45, 7) is 21.7. The summed E-state index contributed by atoms with van der Waals surface area (Å²) in [4.78, 5) is 1.75. The minimum atomic E-state index is -1.46. The SMILES string of the molecule is CC(C)(C)C1=NP2C(C(C)(C)C)=PC1C([C]1[CH][CH][CH][CH]1)=C2[Si](C)(C)C. The third-order valence-electron chi connectivity index (χ3n) is 4.78. The van der Waals surface area contributed by atoms with Crippen LogP contribution in [0.4, 0.5) is 0 Å². The van der Waals surface area contributed by atoms with Gasteiger partial charge >= 0.3 is 0 Å². The van der Waals surface area contributed by atoms with E-state index in [1.54, 1.807) is 15.5 Å². The summed E-state index contributed by atoms with van der Waals surface area (Å²) in [6, 6.07) is 0. The van der Waals surface area contributed by atoms with Crippen LogP contribution in [0.1, 0.15) is 41.5 Å². The zero-order chi connectivity index (χ0) is 18.8. The number of rotatable bonds is 2. The Hall–Kier alpha value is 0.227. The lowest BCUT2D eigenvalue weighted by molar-refractivity contribution is 0.582. The van der Waals surface area contributed by atoms with Crippen molar-refractivity contribution in [3.8, 4) is 0 Å². The van der Waals surface area contributed by atoms with E-state index < -0.39 is 16.1 Å². The van der Waals surface area contributed by atoms with Crippen LogP contribution in [0.5, 0.6) is 0 Å². The van der Waals surface area contributed by atoms with Crippen molar-refractivity contribution >= 4 is 35.1 Å². The number of nitrogens with zero attached hydrogens (tertiary/aromatic N) is 1. The molecule has 135 valence electrons. The predicted molar refractivity (Wildman–Crippen MR) is 120 cm³/mol. The summed E-state index contributed by atoms with van der Waals surface area (Å²) in [7, 11) is -0.468. The topological polar surface area (TPSA) is 12.4 Å². The fourth-order valence-corrected chi connectivity index (χ4v) is 13.4. The van der Waals surface area contributed by atoms with Gasteiger partial charge in [-0.1, -0.05) is 69.4 Å². The summed E-state index contributed by atoms with van der Waals surface area (Å²) in [5.74, 6) is 1.45. The second-order valence-electron chi connectivity index (χ2n) is 10.3. The molecule has 1 fully saturated rings. The summed E-state index contributed by atoms with van der Waals surface area (Å²) < 4.78 is 5.49. The van der Waals surface area contributed by atoms with E-state index in [9.17, 15) is 0 Å². The van der Waals surface area contributed by atoms with Gasteiger partial charge in [-0.15, -0.1) is 0 Å². The molecule has 0 aromatic rings. The molecule has 3 heterocycles. The van der Waals surface area contributed by atoms with Crippen molar-refractivity contribution in [2.24, 2.45) is 15.6 Å². The van der Waals surface area contributed by atoms with Gasteiger partial charge in [0, 0.05) is 22.1 Å². The Balaban J connectivity index is 2.19. The first-order valence-corrected chi connectivity index (χ1v) is 15.0. The molecule has 0 aromatic carbocycles. The van der Waals surface area contributed by atoms with Crippen molar-refractivity contribution in [3.05, 3.63) is 42.1 Å². The second kappa shape index (κ2) is 6.39. The van der Waals surface area contributed by atoms with Gasteiger partial charge in [-0.2, -0.15) is 0 Å². The standard InChI is InChI=1S/C21H32NP2Si/c1-20(2,3)17-16-15(14-12-10-11-13-14)18(25(7,8)9)24(22-17)19(23-16)21(4,5)6/h10-13,16H,1-9H3. The highest BCUT2D eigenvalue weighted by molar-refractivity contribution is 7.90. The fraction of sp³-hybridized carbons (Fsp3) is 0.571. The molecule has 0 spiro atoms. The largest absolute Gasteiger partial charge is 0.260 e. The molecule has 5 radical (unpaired) electrons. The van der Waals surface area contributed by atoms with Crippen LogP contribution in [-0.4, -0.2) is 24.5 Å². The quantitative estimate of drug-likeness (QED) is 0.359. The van der Waals surface area contributed by atoms with E-state index in [-0.39, 0.29) is 10.8 Å². The Morgan fingerprint density at radius 3 is 1.96 bits per heavy atom. The normalized spacial score (nSPS) is 29.2. The molecule has 1 saturated carbocycles. The zero-order valence-electron chi connectivity index (χ0n) is 17.2.